The van der Waals surface area contributed by atoms with Crippen LogP contribution in [-0.4, -0.2) is 29.6 Å². The number of benzene rings is 1. The zero-order valence-corrected chi connectivity index (χ0v) is 22.2. The highest BCUT2D eigenvalue weighted by atomic mass is 32.1. The summed E-state index contributed by atoms with van der Waals surface area (Å²) in [5, 5.41) is 1.92. The number of carbonyl (C=O) groups excluding carboxylic acids is 2. The minimum absolute atomic E-state index is 0.178. The minimum atomic E-state index is -0.659. The summed E-state index contributed by atoms with van der Waals surface area (Å²) < 4.78 is 7.47. The number of esters is 1. The summed E-state index contributed by atoms with van der Waals surface area (Å²) in [5.41, 5.74) is 2.52. The first-order valence-electron chi connectivity index (χ1n) is 12.0. The Hall–Kier alpha value is -3.30. The molecule has 2 aliphatic rings. The fourth-order valence-corrected chi connectivity index (χ4v) is 6.57. The summed E-state index contributed by atoms with van der Waals surface area (Å²) in [6, 6.07) is 10.7. The lowest BCUT2D eigenvalue weighted by Gasteiger charge is -2.23. The van der Waals surface area contributed by atoms with Crippen LogP contribution in [0, 0.1) is 5.92 Å². The maximum atomic E-state index is 14.0. The largest absolute Gasteiger partial charge is 0.462 e. The van der Waals surface area contributed by atoms with E-state index in [0.29, 0.717) is 32.7 Å². The number of hydrogen-bond donors (Lipinski definition) is 0. The second-order valence-electron chi connectivity index (χ2n) is 9.26. The third-order valence-corrected chi connectivity index (χ3v) is 8.15. The van der Waals surface area contributed by atoms with E-state index in [0.717, 1.165) is 22.5 Å². The third kappa shape index (κ3) is 3.96. The maximum Gasteiger partial charge on any atom is 0.338 e. The van der Waals surface area contributed by atoms with Crippen LogP contribution in [0.2, 0.25) is 0 Å². The van der Waals surface area contributed by atoms with Crippen molar-refractivity contribution in [2.24, 2.45) is 10.9 Å². The molecule has 0 N–H and O–H groups in total. The zero-order valence-electron chi connectivity index (χ0n) is 20.6. The number of allylic oxidation sites excluding steroid dienone is 1. The van der Waals surface area contributed by atoms with E-state index in [1.807, 2.05) is 62.5 Å². The van der Waals surface area contributed by atoms with E-state index < -0.39 is 12.0 Å². The molecule has 1 unspecified atom stereocenters. The Bertz CT molecular complexity index is 1560. The van der Waals surface area contributed by atoms with Crippen molar-refractivity contribution in [1.29, 1.82) is 0 Å². The van der Waals surface area contributed by atoms with Crippen molar-refractivity contribution in [2.45, 2.75) is 40.2 Å². The number of carbonyl (C=O) groups is 2. The Balaban J connectivity index is 1.74. The molecule has 3 aromatic rings. The average molecular weight is 522 g/mol. The number of amides is 1. The summed E-state index contributed by atoms with van der Waals surface area (Å²) in [7, 11) is 0. The standard InChI is InChI=1S/C27H27N3O4S2/c1-5-12-29-18-10-7-6-9-17(18)21(24(29)31)23-25(32)30-22(19-11-8-13-35-19)20(16(4)28-27(30)36-23)26(33)34-14-15(2)3/h6-11,13,15,22H,5,12,14H2,1-4H3/b23-21-. The van der Waals surface area contributed by atoms with Gasteiger partial charge in [-0.05, 0) is 36.8 Å². The highest BCUT2D eigenvalue weighted by Gasteiger charge is 2.37. The van der Waals surface area contributed by atoms with Gasteiger partial charge < -0.3 is 9.64 Å². The van der Waals surface area contributed by atoms with Gasteiger partial charge >= 0.3 is 5.97 Å². The van der Waals surface area contributed by atoms with Gasteiger partial charge in [0.2, 0.25) is 0 Å². The number of hydrogen-bond acceptors (Lipinski definition) is 7. The molecule has 1 atom stereocenters. The Morgan fingerprint density at radius 2 is 1.94 bits per heavy atom. The molecule has 2 aromatic heterocycles. The van der Waals surface area contributed by atoms with Crippen LogP contribution < -0.4 is 19.8 Å². The molecule has 36 heavy (non-hydrogen) atoms. The topological polar surface area (TPSA) is 81.0 Å². The molecule has 1 aromatic carbocycles. The molecule has 0 spiro atoms. The molecule has 0 fully saturated rings. The molecule has 5 rings (SSSR count). The van der Waals surface area contributed by atoms with E-state index >= 15 is 0 Å². The molecule has 9 heteroatoms. The van der Waals surface area contributed by atoms with Crippen molar-refractivity contribution < 1.29 is 14.3 Å². The van der Waals surface area contributed by atoms with E-state index in [2.05, 4.69) is 4.99 Å². The van der Waals surface area contributed by atoms with Gasteiger partial charge in [0, 0.05) is 17.0 Å². The van der Waals surface area contributed by atoms with Crippen LogP contribution in [0.3, 0.4) is 0 Å². The van der Waals surface area contributed by atoms with Crippen molar-refractivity contribution in [3.8, 4) is 0 Å². The molecule has 7 nitrogen and oxygen atoms in total. The number of rotatable bonds is 6. The van der Waals surface area contributed by atoms with E-state index in [1.165, 1.54) is 22.7 Å². The van der Waals surface area contributed by atoms with Gasteiger partial charge in [-0.25, -0.2) is 9.79 Å². The lowest BCUT2D eigenvalue weighted by atomic mass is 10.0. The highest BCUT2D eigenvalue weighted by molar-refractivity contribution is 7.10. The highest BCUT2D eigenvalue weighted by Crippen LogP contribution is 2.36. The lowest BCUT2D eigenvalue weighted by Crippen LogP contribution is -2.40. The summed E-state index contributed by atoms with van der Waals surface area (Å²) in [6.45, 7) is 8.58. The van der Waals surface area contributed by atoms with E-state index in [1.54, 1.807) is 16.4 Å². The first-order chi connectivity index (χ1) is 17.3. The predicted molar refractivity (Wildman–Crippen MR) is 142 cm³/mol. The van der Waals surface area contributed by atoms with Gasteiger partial charge in [0.05, 0.1) is 29.1 Å². The van der Waals surface area contributed by atoms with Crippen molar-refractivity contribution in [3.63, 3.8) is 0 Å². The lowest BCUT2D eigenvalue weighted by molar-refractivity contribution is -0.140. The first-order valence-corrected chi connectivity index (χ1v) is 13.7. The molecule has 0 saturated heterocycles. The SMILES string of the molecule is CCCN1C(=O)/C(=c2\sc3n(c2=O)C(c2cccs2)C(C(=O)OCC(C)C)=C(C)N=3)c2ccccc21. The molecule has 0 bridgehead atoms. The number of ether oxygens (including phenoxy) is 1. The monoisotopic (exact) mass is 521 g/mol. The molecular formula is C27H27N3O4S2. The van der Waals surface area contributed by atoms with Crippen LogP contribution in [0.4, 0.5) is 5.69 Å². The Morgan fingerprint density at radius 3 is 2.64 bits per heavy atom. The molecule has 1 amide bonds. The smallest absolute Gasteiger partial charge is 0.338 e. The number of thiophene rings is 1. The van der Waals surface area contributed by atoms with Crippen molar-refractivity contribution in [2.75, 3.05) is 18.1 Å². The average Bonchev–Trinajstić information content (AvgIpc) is 3.55. The Kier molecular flexibility index (Phi) is 6.53. The number of nitrogens with zero attached hydrogens (tertiary/aromatic N) is 3. The summed E-state index contributed by atoms with van der Waals surface area (Å²) in [6.07, 6.45) is 0.800. The fraction of sp³-hybridized carbons (Fsp3) is 0.333. The fourth-order valence-electron chi connectivity index (χ4n) is 4.61. The number of aromatic nitrogens is 1. The van der Waals surface area contributed by atoms with Gasteiger partial charge in [0.15, 0.2) is 4.80 Å². The van der Waals surface area contributed by atoms with Crippen molar-refractivity contribution >= 4 is 45.8 Å². The van der Waals surface area contributed by atoms with Crippen LogP contribution in [0.5, 0.6) is 0 Å². The van der Waals surface area contributed by atoms with Crippen molar-refractivity contribution in [3.05, 3.63) is 83.2 Å². The summed E-state index contributed by atoms with van der Waals surface area (Å²) >= 11 is 2.67. The molecule has 186 valence electrons. The summed E-state index contributed by atoms with van der Waals surface area (Å²) in [4.78, 5) is 48.5. The first kappa shape index (κ1) is 24.4. The van der Waals surface area contributed by atoms with Crippen LogP contribution in [0.1, 0.15) is 50.6 Å². The van der Waals surface area contributed by atoms with Crippen LogP contribution >= 0.6 is 22.7 Å². The van der Waals surface area contributed by atoms with Crippen LogP contribution in [0.25, 0.3) is 5.57 Å². The Morgan fingerprint density at radius 1 is 1.17 bits per heavy atom. The Labute approximate surface area is 216 Å². The van der Waals surface area contributed by atoms with Crippen LogP contribution in [0.15, 0.2) is 62.8 Å². The molecule has 2 aliphatic heterocycles. The van der Waals surface area contributed by atoms with Gasteiger partial charge in [-0.15, -0.1) is 11.3 Å². The van der Waals surface area contributed by atoms with Gasteiger partial charge in [-0.1, -0.05) is 56.4 Å². The van der Waals surface area contributed by atoms with Gasteiger partial charge in [0.1, 0.15) is 10.6 Å². The predicted octanol–water partition coefficient (Wildman–Crippen LogP) is 3.62. The number of thiazole rings is 1. The molecular weight excluding hydrogens is 494 g/mol. The molecule has 0 saturated carbocycles. The maximum absolute atomic E-state index is 14.0. The van der Waals surface area contributed by atoms with Gasteiger partial charge in [-0.2, -0.15) is 0 Å². The molecule has 0 aliphatic carbocycles. The number of anilines is 1. The molecule has 0 radical (unpaired) electrons. The van der Waals surface area contributed by atoms with E-state index in [-0.39, 0.29) is 24.0 Å². The van der Waals surface area contributed by atoms with Gasteiger partial charge in [-0.3, -0.25) is 14.2 Å². The van der Waals surface area contributed by atoms with Crippen LogP contribution in [-0.2, 0) is 14.3 Å². The quantitative estimate of drug-likeness (QED) is 0.464. The normalized spacial score (nSPS) is 18.4. The number of para-hydroxylation sites is 1. The summed E-state index contributed by atoms with van der Waals surface area (Å²) in [5.74, 6) is -0.474. The zero-order chi connectivity index (χ0) is 25.6. The second kappa shape index (κ2) is 9.63. The van der Waals surface area contributed by atoms with Gasteiger partial charge in [0.25, 0.3) is 11.5 Å². The van der Waals surface area contributed by atoms with Crippen molar-refractivity contribution in [1.82, 2.24) is 4.57 Å². The minimum Gasteiger partial charge on any atom is -0.462 e. The second-order valence-corrected chi connectivity index (χ2v) is 11.2. The third-order valence-electron chi connectivity index (χ3n) is 6.18. The number of fused-ring (bicyclic) bond motifs is 2. The van der Waals surface area contributed by atoms with E-state index in [4.69, 9.17) is 4.74 Å². The van der Waals surface area contributed by atoms with E-state index in [9.17, 15) is 14.4 Å². The molecule has 4 heterocycles.